The minimum atomic E-state index is 0.707. The molecule has 1 aromatic heterocycles. The fourth-order valence-corrected chi connectivity index (χ4v) is 1.93. The lowest BCUT2D eigenvalue weighted by molar-refractivity contribution is 0.556. The zero-order valence-corrected chi connectivity index (χ0v) is 12.1. The van der Waals surface area contributed by atoms with Crippen molar-refractivity contribution in [2.75, 3.05) is 13.1 Å². The fourth-order valence-electron chi connectivity index (χ4n) is 1.55. The molecule has 0 amide bonds. The molecule has 0 aliphatic heterocycles. The van der Waals surface area contributed by atoms with Gasteiger partial charge in [-0.25, -0.2) is 0 Å². The van der Waals surface area contributed by atoms with E-state index in [0.717, 1.165) is 42.5 Å². The average Bonchev–Trinajstić information content (AvgIpc) is 2.53. The van der Waals surface area contributed by atoms with Crippen LogP contribution in [0.15, 0.2) is 0 Å². The highest BCUT2D eigenvalue weighted by molar-refractivity contribution is 7.80. The number of rotatable bonds is 5. The van der Waals surface area contributed by atoms with Crippen LogP contribution in [-0.4, -0.2) is 28.0 Å². The second-order valence-corrected chi connectivity index (χ2v) is 4.63. The topological polar surface area (TPSA) is 41.9 Å². The maximum atomic E-state index is 6.07. The first-order chi connectivity index (χ1) is 8.06. The molecule has 0 saturated carbocycles. The Hall–Kier alpha value is -0.810. The first kappa shape index (κ1) is 14.3. The summed E-state index contributed by atoms with van der Waals surface area (Å²) in [5, 5.41) is 12.0. The van der Waals surface area contributed by atoms with Crippen LogP contribution in [0, 0.1) is 13.8 Å². The first-order valence-corrected chi connectivity index (χ1v) is 6.56. The number of hydrogen-bond donors (Lipinski definition) is 2. The van der Waals surface area contributed by atoms with Crippen LogP contribution in [0.3, 0.4) is 0 Å². The second kappa shape index (κ2) is 6.81. The quantitative estimate of drug-likeness (QED) is 0.637. The van der Waals surface area contributed by atoms with Crippen molar-refractivity contribution in [3.05, 3.63) is 16.4 Å². The van der Waals surface area contributed by atoms with Gasteiger partial charge < -0.3 is 10.6 Å². The number of aromatic nitrogens is 2. The van der Waals surface area contributed by atoms with Gasteiger partial charge in [0.15, 0.2) is 5.11 Å². The molecule has 0 atom stereocenters. The van der Waals surface area contributed by atoms with Crippen LogP contribution in [0.1, 0.15) is 24.7 Å². The predicted molar refractivity (Wildman–Crippen MR) is 75.6 cm³/mol. The monoisotopic (exact) mass is 274 g/mol. The lowest BCUT2D eigenvalue weighted by Gasteiger charge is -2.09. The zero-order valence-electron chi connectivity index (χ0n) is 10.5. The van der Waals surface area contributed by atoms with E-state index in [1.54, 1.807) is 0 Å². The Balaban J connectivity index is 2.31. The minimum absolute atomic E-state index is 0.707. The van der Waals surface area contributed by atoms with Gasteiger partial charge in [0.05, 0.1) is 16.4 Å². The summed E-state index contributed by atoms with van der Waals surface area (Å²) < 4.78 is 1.94. The molecule has 6 heteroatoms. The van der Waals surface area contributed by atoms with Crippen LogP contribution >= 0.6 is 23.8 Å². The van der Waals surface area contributed by atoms with Crippen molar-refractivity contribution < 1.29 is 0 Å². The summed E-state index contributed by atoms with van der Waals surface area (Å²) in [7, 11) is 0. The summed E-state index contributed by atoms with van der Waals surface area (Å²) >= 11 is 11.1. The summed E-state index contributed by atoms with van der Waals surface area (Å²) in [6.07, 6.45) is 0.962. The molecule has 0 aliphatic rings. The largest absolute Gasteiger partial charge is 0.363 e. The Morgan fingerprint density at radius 2 is 2.12 bits per heavy atom. The molecular formula is C11H19ClN4S. The molecule has 1 rings (SSSR count). The van der Waals surface area contributed by atoms with Gasteiger partial charge in [0.1, 0.15) is 0 Å². The van der Waals surface area contributed by atoms with E-state index in [-0.39, 0.29) is 0 Å². The van der Waals surface area contributed by atoms with Crippen molar-refractivity contribution in [1.29, 1.82) is 0 Å². The van der Waals surface area contributed by atoms with Crippen LogP contribution in [0.2, 0.25) is 5.02 Å². The van der Waals surface area contributed by atoms with Crippen molar-refractivity contribution >= 4 is 28.9 Å². The van der Waals surface area contributed by atoms with Gasteiger partial charge in [-0.2, -0.15) is 5.10 Å². The third-order valence-electron chi connectivity index (χ3n) is 2.46. The second-order valence-electron chi connectivity index (χ2n) is 3.85. The van der Waals surface area contributed by atoms with Gasteiger partial charge in [-0.15, -0.1) is 0 Å². The van der Waals surface area contributed by atoms with Crippen molar-refractivity contribution in [1.82, 2.24) is 20.4 Å². The van der Waals surface area contributed by atoms with Gasteiger partial charge in [-0.1, -0.05) is 11.6 Å². The highest BCUT2D eigenvalue weighted by atomic mass is 35.5. The summed E-state index contributed by atoms with van der Waals surface area (Å²) in [4.78, 5) is 0. The molecule has 4 nitrogen and oxygen atoms in total. The molecule has 0 spiro atoms. The van der Waals surface area contributed by atoms with Crippen molar-refractivity contribution in [2.45, 2.75) is 33.7 Å². The molecule has 0 unspecified atom stereocenters. The van der Waals surface area contributed by atoms with Gasteiger partial charge in [0, 0.05) is 19.6 Å². The number of aryl methyl sites for hydroxylation is 2. The molecule has 17 heavy (non-hydrogen) atoms. The van der Waals surface area contributed by atoms with Crippen LogP contribution < -0.4 is 10.6 Å². The van der Waals surface area contributed by atoms with E-state index in [2.05, 4.69) is 15.7 Å². The predicted octanol–water partition coefficient (Wildman–Crippen LogP) is 2.03. The van der Waals surface area contributed by atoms with E-state index in [1.807, 2.05) is 25.5 Å². The van der Waals surface area contributed by atoms with Crippen LogP contribution in [0.5, 0.6) is 0 Å². The van der Waals surface area contributed by atoms with E-state index in [4.69, 9.17) is 23.8 Å². The fraction of sp³-hybridized carbons (Fsp3) is 0.636. The third kappa shape index (κ3) is 4.16. The molecule has 96 valence electrons. The van der Waals surface area contributed by atoms with E-state index >= 15 is 0 Å². The average molecular weight is 275 g/mol. The van der Waals surface area contributed by atoms with Crippen LogP contribution in [-0.2, 0) is 6.54 Å². The van der Waals surface area contributed by atoms with Gasteiger partial charge >= 0.3 is 0 Å². The molecule has 0 aliphatic carbocycles. The summed E-state index contributed by atoms with van der Waals surface area (Å²) in [5.41, 5.74) is 1.92. The Morgan fingerprint density at radius 3 is 2.65 bits per heavy atom. The Labute approximate surface area is 113 Å². The van der Waals surface area contributed by atoms with Crippen molar-refractivity contribution in [3.63, 3.8) is 0 Å². The maximum Gasteiger partial charge on any atom is 0.166 e. The number of nitrogens with one attached hydrogen (secondary N) is 2. The van der Waals surface area contributed by atoms with E-state index in [1.165, 1.54) is 0 Å². The first-order valence-electron chi connectivity index (χ1n) is 5.77. The van der Waals surface area contributed by atoms with E-state index in [9.17, 15) is 0 Å². The molecule has 0 bridgehead atoms. The standard InChI is InChI=1S/C11H19ClN4S/c1-4-13-11(17)14-6-5-7-16-9(3)10(12)8(2)15-16/h4-7H2,1-3H3,(H2,13,14,17). The molecule has 0 saturated heterocycles. The van der Waals surface area contributed by atoms with Crippen molar-refractivity contribution in [2.24, 2.45) is 0 Å². The molecule has 0 fully saturated rings. The highest BCUT2D eigenvalue weighted by Gasteiger charge is 2.08. The smallest absolute Gasteiger partial charge is 0.166 e. The van der Waals surface area contributed by atoms with Gasteiger partial charge in [-0.05, 0) is 39.4 Å². The number of halogens is 1. The summed E-state index contributed by atoms with van der Waals surface area (Å²) in [6, 6.07) is 0. The molecule has 1 heterocycles. The van der Waals surface area contributed by atoms with Crippen LogP contribution in [0.25, 0.3) is 0 Å². The maximum absolute atomic E-state index is 6.07. The summed E-state index contributed by atoms with van der Waals surface area (Å²) in [5.74, 6) is 0. The SMILES string of the molecule is CCNC(=S)NCCCn1nc(C)c(Cl)c1C. The Bertz CT molecular complexity index is 389. The molecular weight excluding hydrogens is 256 g/mol. The number of thiocarbonyl (C=S) groups is 1. The molecule has 0 aromatic carbocycles. The molecule has 0 radical (unpaired) electrons. The normalized spacial score (nSPS) is 10.4. The molecule has 1 aromatic rings. The van der Waals surface area contributed by atoms with Gasteiger partial charge in [0.25, 0.3) is 0 Å². The number of hydrogen-bond acceptors (Lipinski definition) is 2. The highest BCUT2D eigenvalue weighted by Crippen LogP contribution is 2.18. The Kier molecular flexibility index (Phi) is 5.71. The van der Waals surface area contributed by atoms with Gasteiger partial charge in [0.2, 0.25) is 0 Å². The third-order valence-corrected chi connectivity index (χ3v) is 3.30. The lowest BCUT2D eigenvalue weighted by Crippen LogP contribution is -2.35. The van der Waals surface area contributed by atoms with Gasteiger partial charge in [-0.3, -0.25) is 4.68 Å². The van der Waals surface area contributed by atoms with Crippen LogP contribution in [0.4, 0.5) is 0 Å². The van der Waals surface area contributed by atoms with E-state index < -0.39 is 0 Å². The van der Waals surface area contributed by atoms with E-state index in [0.29, 0.717) is 5.11 Å². The zero-order chi connectivity index (χ0) is 12.8. The number of nitrogens with zero attached hydrogens (tertiary/aromatic N) is 2. The molecule has 2 N–H and O–H groups in total. The Morgan fingerprint density at radius 1 is 1.41 bits per heavy atom. The lowest BCUT2D eigenvalue weighted by atomic mass is 10.4. The minimum Gasteiger partial charge on any atom is -0.363 e. The van der Waals surface area contributed by atoms with Crippen molar-refractivity contribution in [3.8, 4) is 0 Å². The summed E-state index contributed by atoms with van der Waals surface area (Å²) in [6.45, 7) is 8.46.